The van der Waals surface area contributed by atoms with Crippen molar-refractivity contribution in [2.75, 3.05) is 12.4 Å². The number of nitrogens with one attached hydrogen (secondary N) is 1. The van der Waals surface area contributed by atoms with Crippen LogP contribution in [0.25, 0.3) is 11.1 Å². The molecular formula is C28H27ClN2O6. The van der Waals surface area contributed by atoms with Crippen molar-refractivity contribution in [1.29, 1.82) is 0 Å². The van der Waals surface area contributed by atoms with Crippen LogP contribution in [0.2, 0.25) is 5.02 Å². The second-order valence-corrected chi connectivity index (χ2v) is 9.60. The summed E-state index contributed by atoms with van der Waals surface area (Å²) in [6.07, 6.45) is 5.00. The van der Waals surface area contributed by atoms with E-state index in [1.165, 1.54) is 55.1 Å². The third-order valence-corrected chi connectivity index (χ3v) is 6.97. The molecule has 37 heavy (non-hydrogen) atoms. The Bertz CT molecular complexity index is 1410. The maximum absolute atomic E-state index is 13.4. The van der Waals surface area contributed by atoms with Gasteiger partial charge in [0.2, 0.25) is 5.91 Å². The van der Waals surface area contributed by atoms with Gasteiger partial charge >= 0.3 is 5.97 Å². The molecule has 8 nitrogen and oxygen atoms in total. The first kappa shape index (κ1) is 26.2. The highest BCUT2D eigenvalue weighted by atomic mass is 35.5. The van der Waals surface area contributed by atoms with Gasteiger partial charge in [-0.05, 0) is 67.3 Å². The summed E-state index contributed by atoms with van der Waals surface area (Å²) in [5.41, 5.74) is 1.38. The number of rotatable bonds is 9. The molecule has 3 aromatic rings. The molecule has 1 aliphatic rings. The van der Waals surface area contributed by atoms with E-state index >= 15 is 0 Å². The molecule has 1 heterocycles. The van der Waals surface area contributed by atoms with Gasteiger partial charge in [0, 0.05) is 27.9 Å². The number of ketones is 1. The zero-order chi connectivity index (χ0) is 26.7. The van der Waals surface area contributed by atoms with Crippen molar-refractivity contribution in [3.8, 4) is 16.9 Å². The average molecular weight is 523 g/mol. The molecule has 192 valence electrons. The molecular weight excluding hydrogens is 496 g/mol. The number of aromatic nitrogens is 1. The summed E-state index contributed by atoms with van der Waals surface area (Å²) in [4.78, 5) is 50.2. The van der Waals surface area contributed by atoms with Gasteiger partial charge in [0.15, 0.2) is 5.78 Å². The second kappa shape index (κ2) is 11.0. The van der Waals surface area contributed by atoms with E-state index in [0.29, 0.717) is 45.5 Å². The van der Waals surface area contributed by atoms with Gasteiger partial charge in [-0.1, -0.05) is 30.9 Å². The fourth-order valence-electron chi connectivity index (χ4n) is 4.50. The Morgan fingerprint density at radius 1 is 1.11 bits per heavy atom. The number of amides is 1. The number of hydrogen-bond acceptors (Lipinski definition) is 5. The molecule has 1 aromatic heterocycles. The summed E-state index contributed by atoms with van der Waals surface area (Å²) in [6.45, 7) is 1.43. The molecule has 0 bridgehead atoms. The molecule has 0 spiro atoms. The highest BCUT2D eigenvalue weighted by Gasteiger charge is 2.30. The highest BCUT2D eigenvalue weighted by molar-refractivity contribution is 6.31. The number of carbonyl (C=O) groups is 3. The van der Waals surface area contributed by atoms with E-state index in [9.17, 15) is 19.2 Å². The van der Waals surface area contributed by atoms with Crippen molar-refractivity contribution in [3.63, 3.8) is 0 Å². The quantitative estimate of drug-likeness (QED) is 0.361. The molecule has 9 heteroatoms. The van der Waals surface area contributed by atoms with E-state index in [1.807, 2.05) is 0 Å². The maximum atomic E-state index is 13.4. The van der Waals surface area contributed by atoms with Crippen LogP contribution < -0.4 is 15.6 Å². The van der Waals surface area contributed by atoms with E-state index in [4.69, 9.17) is 21.4 Å². The SMILES string of the molecule is COc1cn(C(CC2CCC2)C(=O)Nc2ccc(C(=O)O)cc2)c(=O)cc1-c1cc(Cl)ccc1C(C)=O. The molecule has 1 amide bonds. The van der Waals surface area contributed by atoms with Crippen LogP contribution in [-0.2, 0) is 4.79 Å². The van der Waals surface area contributed by atoms with Crippen LogP contribution in [0, 0.1) is 5.92 Å². The first-order valence-corrected chi connectivity index (χ1v) is 12.3. The van der Waals surface area contributed by atoms with Crippen LogP contribution in [0.5, 0.6) is 5.75 Å². The number of Topliss-reactive ketones (excluding diaryl/α,β-unsaturated/α-hetero) is 1. The zero-order valence-corrected chi connectivity index (χ0v) is 21.2. The molecule has 0 radical (unpaired) electrons. The van der Waals surface area contributed by atoms with Crippen molar-refractivity contribution in [3.05, 3.63) is 81.2 Å². The third kappa shape index (κ3) is 5.75. The molecule has 1 saturated carbocycles. The number of ether oxygens (including phenoxy) is 1. The fourth-order valence-corrected chi connectivity index (χ4v) is 4.68. The Balaban J connectivity index is 1.73. The van der Waals surface area contributed by atoms with E-state index in [0.717, 1.165) is 19.3 Å². The van der Waals surface area contributed by atoms with Gasteiger partial charge in [0.05, 0.1) is 18.9 Å². The monoisotopic (exact) mass is 522 g/mol. The Morgan fingerprint density at radius 2 is 1.81 bits per heavy atom. The summed E-state index contributed by atoms with van der Waals surface area (Å²) >= 11 is 6.19. The molecule has 2 aromatic carbocycles. The van der Waals surface area contributed by atoms with Crippen LogP contribution in [0.4, 0.5) is 5.69 Å². The molecule has 4 rings (SSSR count). The van der Waals surface area contributed by atoms with Crippen molar-refractivity contribution < 1.29 is 24.2 Å². The Morgan fingerprint density at radius 3 is 2.38 bits per heavy atom. The zero-order valence-electron chi connectivity index (χ0n) is 20.5. The Kier molecular flexibility index (Phi) is 7.78. The predicted molar refractivity (Wildman–Crippen MR) is 141 cm³/mol. The van der Waals surface area contributed by atoms with Crippen molar-refractivity contribution in [1.82, 2.24) is 4.57 Å². The number of anilines is 1. The molecule has 0 saturated heterocycles. The summed E-state index contributed by atoms with van der Waals surface area (Å²) in [6, 6.07) is 11.2. The minimum Gasteiger partial charge on any atom is -0.495 e. The topological polar surface area (TPSA) is 115 Å². The molecule has 1 atom stereocenters. The van der Waals surface area contributed by atoms with Crippen LogP contribution in [0.3, 0.4) is 0 Å². The lowest BCUT2D eigenvalue weighted by atomic mass is 9.80. The minimum absolute atomic E-state index is 0.103. The van der Waals surface area contributed by atoms with E-state index in [1.54, 1.807) is 18.2 Å². The normalized spacial score (nSPS) is 13.9. The van der Waals surface area contributed by atoms with Crippen molar-refractivity contribution in [2.24, 2.45) is 5.92 Å². The summed E-state index contributed by atoms with van der Waals surface area (Å²) in [5.74, 6) is -1.01. The van der Waals surface area contributed by atoms with Gasteiger partial charge in [0.1, 0.15) is 11.8 Å². The number of benzene rings is 2. The number of carboxylic acid groups (broad SMARTS) is 1. The summed E-state index contributed by atoms with van der Waals surface area (Å²) < 4.78 is 6.96. The first-order valence-electron chi connectivity index (χ1n) is 11.9. The number of pyridine rings is 1. The summed E-state index contributed by atoms with van der Waals surface area (Å²) in [7, 11) is 1.46. The summed E-state index contributed by atoms with van der Waals surface area (Å²) in [5, 5.41) is 12.3. The third-order valence-electron chi connectivity index (χ3n) is 6.73. The number of methoxy groups -OCH3 is 1. The number of carbonyl (C=O) groups excluding carboxylic acids is 2. The molecule has 1 aliphatic carbocycles. The largest absolute Gasteiger partial charge is 0.495 e. The number of carboxylic acids is 1. The highest BCUT2D eigenvalue weighted by Crippen LogP contribution is 2.37. The Hall–Kier alpha value is -3.91. The van der Waals surface area contributed by atoms with Crippen LogP contribution in [0.15, 0.2) is 59.5 Å². The number of hydrogen-bond donors (Lipinski definition) is 2. The van der Waals surface area contributed by atoms with Crippen molar-refractivity contribution >= 4 is 34.9 Å². The molecule has 0 aliphatic heterocycles. The van der Waals surface area contributed by atoms with Crippen LogP contribution in [-0.4, -0.2) is 34.4 Å². The molecule has 2 N–H and O–H groups in total. The van der Waals surface area contributed by atoms with Gasteiger partial charge in [0.25, 0.3) is 5.56 Å². The second-order valence-electron chi connectivity index (χ2n) is 9.17. The van der Waals surface area contributed by atoms with Gasteiger partial charge in [-0.2, -0.15) is 0 Å². The Labute approximate surface area is 218 Å². The number of aromatic carboxylic acids is 1. The predicted octanol–water partition coefficient (Wildman–Crippen LogP) is 5.45. The standard InChI is InChI=1S/C28H27ClN2O6/c1-16(32)21-11-8-19(29)13-22(21)23-14-26(33)31(15-25(23)37-2)24(12-17-4-3-5-17)27(34)30-20-9-6-18(7-10-20)28(35)36/h6-11,13-15,17,24H,3-5,12H2,1-2H3,(H,30,34)(H,35,36). The van der Waals surface area contributed by atoms with E-state index in [2.05, 4.69) is 5.32 Å². The lowest BCUT2D eigenvalue weighted by Crippen LogP contribution is -2.35. The number of nitrogens with zero attached hydrogens (tertiary/aromatic N) is 1. The van der Waals surface area contributed by atoms with Gasteiger partial charge < -0.3 is 15.2 Å². The fraction of sp³-hybridized carbons (Fsp3) is 0.286. The van der Waals surface area contributed by atoms with Gasteiger partial charge in [-0.25, -0.2) is 4.79 Å². The van der Waals surface area contributed by atoms with Crippen LogP contribution in [0.1, 0.15) is 59.4 Å². The van der Waals surface area contributed by atoms with Gasteiger partial charge in [-0.3, -0.25) is 19.0 Å². The molecule has 1 unspecified atom stereocenters. The van der Waals surface area contributed by atoms with Crippen LogP contribution >= 0.6 is 11.6 Å². The first-order chi connectivity index (χ1) is 17.7. The van der Waals surface area contributed by atoms with E-state index < -0.39 is 17.6 Å². The number of halogens is 1. The average Bonchev–Trinajstić information content (AvgIpc) is 2.83. The van der Waals surface area contributed by atoms with Gasteiger partial charge in [-0.15, -0.1) is 0 Å². The maximum Gasteiger partial charge on any atom is 0.335 e. The minimum atomic E-state index is -1.06. The van der Waals surface area contributed by atoms with E-state index in [-0.39, 0.29) is 17.3 Å². The lowest BCUT2D eigenvalue weighted by Gasteiger charge is -2.30. The molecule has 1 fully saturated rings. The van der Waals surface area contributed by atoms with Crippen molar-refractivity contribution in [2.45, 2.75) is 38.6 Å². The smallest absolute Gasteiger partial charge is 0.335 e. The lowest BCUT2D eigenvalue weighted by molar-refractivity contribution is -0.120.